The van der Waals surface area contributed by atoms with Crippen LogP contribution in [0.15, 0.2) is 21.9 Å². The van der Waals surface area contributed by atoms with Crippen LogP contribution >= 0.6 is 23.1 Å². The van der Waals surface area contributed by atoms with Gasteiger partial charge in [-0.15, -0.1) is 0 Å². The van der Waals surface area contributed by atoms with Crippen molar-refractivity contribution in [1.29, 1.82) is 0 Å². The average Bonchev–Trinajstić information content (AvgIpc) is 3.82. The zero-order valence-corrected chi connectivity index (χ0v) is 35.3. The van der Waals surface area contributed by atoms with Gasteiger partial charge in [-0.1, -0.05) is 75.6 Å². The number of carbonyl (C=O) groups is 3. The lowest BCUT2D eigenvalue weighted by Gasteiger charge is -2.47. The molecule has 3 aliphatic rings. The molecule has 0 aliphatic carbocycles. The van der Waals surface area contributed by atoms with Gasteiger partial charge in [0, 0.05) is 55.4 Å². The molecule has 2 N–H and O–H groups in total. The third-order valence-corrected chi connectivity index (χ3v) is 14.5. The van der Waals surface area contributed by atoms with E-state index in [0.29, 0.717) is 36.9 Å². The molecule has 9 nitrogen and oxygen atoms in total. The normalized spacial score (nSPS) is 20.9. The Labute approximate surface area is 327 Å². The smallest absolute Gasteiger partial charge is 0.236 e. The van der Waals surface area contributed by atoms with Crippen molar-refractivity contribution in [2.75, 3.05) is 58.7 Å². The molecule has 2 amide bonds. The molecule has 0 bridgehead atoms. The van der Waals surface area contributed by atoms with Crippen molar-refractivity contribution in [3.8, 4) is 0 Å². The molecule has 0 radical (unpaired) electrons. The first-order valence-electron chi connectivity index (χ1n) is 20.5. The summed E-state index contributed by atoms with van der Waals surface area (Å²) in [6.45, 7) is 15.4. The van der Waals surface area contributed by atoms with E-state index in [0.717, 1.165) is 106 Å². The molecule has 3 unspecified atom stereocenters. The minimum absolute atomic E-state index is 0.126. The van der Waals surface area contributed by atoms with E-state index in [1.54, 1.807) is 16.2 Å². The standard InChI is InChI=1S/C42H66N6O3S2/c1-8-11-13-14-31(10-3)33(49)27-43-41-45-39-30(5)29(4)35(26-36(39)53-41)52-34(15-12-9-2)40-32(44-40)16-17-37(50)48-24-20-42(21-25-48)18-22-47(23-19-42)28-38(51)46(6)7/h15,26,31-32,40,44H,8-14,16-25,27-28H2,1-7H3,(H,43,45)/b34-15+. The van der Waals surface area contributed by atoms with Gasteiger partial charge in [0.15, 0.2) is 10.9 Å². The van der Waals surface area contributed by atoms with E-state index in [2.05, 4.69) is 67.2 Å². The Morgan fingerprint density at radius 1 is 1.06 bits per heavy atom. The fourth-order valence-electron chi connectivity index (χ4n) is 8.05. The number of benzene rings is 1. The highest BCUT2D eigenvalue weighted by Crippen LogP contribution is 2.43. The van der Waals surface area contributed by atoms with Crippen molar-refractivity contribution < 1.29 is 14.4 Å². The third-order valence-electron chi connectivity index (χ3n) is 12.2. The molecule has 0 saturated carbocycles. The maximum absolute atomic E-state index is 13.4. The summed E-state index contributed by atoms with van der Waals surface area (Å²) in [6, 6.07) is 2.90. The molecule has 5 rings (SSSR count). The Morgan fingerprint density at radius 2 is 1.77 bits per heavy atom. The highest BCUT2D eigenvalue weighted by Gasteiger charge is 2.41. The first-order valence-corrected chi connectivity index (χ1v) is 22.1. The zero-order chi connectivity index (χ0) is 38.1. The third kappa shape index (κ3) is 11.1. The Hall–Kier alpha value is -2.47. The quantitative estimate of drug-likeness (QED) is 0.0838. The number of hydrogen-bond donors (Lipinski definition) is 2. The predicted molar refractivity (Wildman–Crippen MR) is 222 cm³/mol. The van der Waals surface area contributed by atoms with E-state index in [1.807, 2.05) is 25.9 Å². The number of unbranched alkanes of at least 4 members (excludes halogenated alkanes) is 3. The number of amides is 2. The zero-order valence-electron chi connectivity index (χ0n) is 33.7. The number of allylic oxidation sites excluding steroid dienone is 1. The van der Waals surface area contributed by atoms with Gasteiger partial charge in [0.2, 0.25) is 11.8 Å². The highest BCUT2D eigenvalue weighted by atomic mass is 32.2. The number of ketones is 1. The second kappa shape index (κ2) is 19.4. The molecule has 1 spiro atoms. The molecule has 4 heterocycles. The second-order valence-electron chi connectivity index (χ2n) is 16.1. The number of aromatic nitrogens is 1. The molecule has 3 atom stereocenters. The second-order valence-corrected chi connectivity index (χ2v) is 18.3. The van der Waals surface area contributed by atoms with Crippen molar-refractivity contribution in [3.63, 3.8) is 0 Å². The van der Waals surface area contributed by atoms with Crippen molar-refractivity contribution >= 4 is 56.0 Å². The van der Waals surface area contributed by atoms with Crippen LogP contribution in [0.25, 0.3) is 10.2 Å². The Balaban J connectivity index is 1.11. The van der Waals surface area contributed by atoms with Crippen LogP contribution in [-0.4, -0.2) is 103 Å². The van der Waals surface area contributed by atoms with E-state index in [1.165, 1.54) is 33.8 Å². The molecule has 3 fully saturated rings. The highest BCUT2D eigenvalue weighted by molar-refractivity contribution is 8.03. The van der Waals surface area contributed by atoms with Gasteiger partial charge in [-0.3, -0.25) is 19.3 Å². The molecule has 3 saturated heterocycles. The lowest BCUT2D eigenvalue weighted by molar-refractivity contribution is -0.135. The van der Waals surface area contributed by atoms with Crippen LogP contribution in [0.4, 0.5) is 5.13 Å². The maximum atomic E-state index is 13.4. The van der Waals surface area contributed by atoms with Crippen LogP contribution in [0.3, 0.4) is 0 Å². The number of thioether (sulfide) groups is 1. The number of likely N-dealkylation sites (tertiary alicyclic amines) is 2. The summed E-state index contributed by atoms with van der Waals surface area (Å²) in [4.78, 5) is 52.1. The van der Waals surface area contributed by atoms with Crippen LogP contribution in [0.5, 0.6) is 0 Å². The van der Waals surface area contributed by atoms with Crippen LogP contribution < -0.4 is 10.6 Å². The summed E-state index contributed by atoms with van der Waals surface area (Å²) in [5.41, 5.74) is 3.80. The molecule has 2 aromatic rings. The topological polar surface area (TPSA) is 108 Å². The minimum atomic E-state index is 0.126. The maximum Gasteiger partial charge on any atom is 0.236 e. The van der Waals surface area contributed by atoms with E-state index < -0.39 is 0 Å². The number of piperidine rings is 2. The number of carbonyl (C=O) groups excluding carboxylic acids is 3. The van der Waals surface area contributed by atoms with Crippen molar-refractivity contribution in [3.05, 3.63) is 28.2 Å². The summed E-state index contributed by atoms with van der Waals surface area (Å²) in [5, 5.41) is 7.90. The van der Waals surface area contributed by atoms with Gasteiger partial charge in [-0.05, 0) is 101 Å². The Morgan fingerprint density at radius 3 is 2.43 bits per heavy atom. The number of nitrogens with one attached hydrogen (secondary N) is 2. The van der Waals surface area contributed by atoms with Gasteiger partial charge < -0.3 is 20.4 Å². The van der Waals surface area contributed by atoms with Crippen LogP contribution in [0.1, 0.15) is 115 Å². The minimum Gasteiger partial charge on any atom is -0.354 e. The number of fused-ring (bicyclic) bond motifs is 1. The number of likely N-dealkylation sites (N-methyl/N-ethyl adjacent to an activating group) is 1. The largest absolute Gasteiger partial charge is 0.354 e. The van der Waals surface area contributed by atoms with Crippen molar-refractivity contribution in [2.24, 2.45) is 11.3 Å². The number of nitrogens with zero attached hydrogens (tertiary/aromatic N) is 4. The predicted octanol–water partition coefficient (Wildman–Crippen LogP) is 8.19. The first kappa shape index (κ1) is 41.7. The summed E-state index contributed by atoms with van der Waals surface area (Å²) >= 11 is 3.51. The summed E-state index contributed by atoms with van der Waals surface area (Å²) in [6.07, 6.45) is 15.7. The summed E-state index contributed by atoms with van der Waals surface area (Å²) in [5.74, 6) is 0.885. The number of thiazole rings is 1. The summed E-state index contributed by atoms with van der Waals surface area (Å²) in [7, 11) is 3.65. The summed E-state index contributed by atoms with van der Waals surface area (Å²) < 4.78 is 1.15. The molecule has 1 aromatic heterocycles. The van der Waals surface area contributed by atoms with Gasteiger partial charge in [0.05, 0.1) is 29.3 Å². The number of Topliss-reactive ketones (excluding diaryl/α,β-unsaturated/α-hetero) is 1. The molecule has 53 heavy (non-hydrogen) atoms. The van der Waals surface area contributed by atoms with Crippen LogP contribution in [0, 0.1) is 25.2 Å². The Kier molecular flexibility index (Phi) is 15.3. The van der Waals surface area contributed by atoms with E-state index in [-0.39, 0.29) is 23.7 Å². The average molecular weight is 767 g/mol. The van der Waals surface area contributed by atoms with Gasteiger partial charge in [-0.25, -0.2) is 4.98 Å². The molecule has 11 heteroatoms. The Bertz CT molecular complexity index is 1590. The van der Waals surface area contributed by atoms with Crippen molar-refractivity contribution in [1.82, 2.24) is 25.0 Å². The van der Waals surface area contributed by atoms with E-state index in [9.17, 15) is 14.4 Å². The lowest BCUT2D eigenvalue weighted by Crippen LogP contribution is -2.49. The van der Waals surface area contributed by atoms with Gasteiger partial charge in [0.1, 0.15) is 0 Å². The lowest BCUT2D eigenvalue weighted by atomic mass is 9.71. The van der Waals surface area contributed by atoms with Gasteiger partial charge in [-0.2, -0.15) is 0 Å². The van der Waals surface area contributed by atoms with E-state index in [4.69, 9.17) is 4.98 Å². The molecule has 294 valence electrons. The number of aryl methyl sites for hydroxylation is 1. The molecule has 1 aromatic carbocycles. The van der Waals surface area contributed by atoms with E-state index >= 15 is 0 Å². The fourth-order valence-corrected chi connectivity index (χ4v) is 10.4. The number of anilines is 1. The van der Waals surface area contributed by atoms with Crippen LogP contribution in [-0.2, 0) is 14.4 Å². The van der Waals surface area contributed by atoms with Gasteiger partial charge in [0.25, 0.3) is 0 Å². The molecular formula is C42H66N6O3S2. The first-order chi connectivity index (χ1) is 25.5. The van der Waals surface area contributed by atoms with Crippen LogP contribution in [0.2, 0.25) is 0 Å². The molecular weight excluding hydrogens is 701 g/mol. The monoisotopic (exact) mass is 766 g/mol. The fraction of sp³-hybridized carbons (Fsp3) is 0.714. The SMILES string of the molecule is CCC/C=C(/Sc1cc2sc(NCC(=O)C(CC)CCCCC)nc2c(C)c1C)C1NC1CCC(=O)N1CCC2(CCN(CC(=O)N(C)C)CC2)CC1. The number of hydrogen-bond acceptors (Lipinski definition) is 9. The van der Waals surface area contributed by atoms with Crippen molar-refractivity contribution in [2.45, 2.75) is 135 Å². The molecule has 3 aliphatic heterocycles. The van der Waals surface area contributed by atoms with Gasteiger partial charge >= 0.3 is 0 Å². The number of rotatable bonds is 19.